The van der Waals surface area contributed by atoms with Crippen molar-refractivity contribution < 1.29 is 9.90 Å². The smallest absolute Gasteiger partial charge is 0.308 e. The number of aliphatic carboxylic acids is 1. The number of rotatable bonds is 2. The normalized spacial score (nSPS) is 29.1. The Balaban J connectivity index is 2.49. The van der Waals surface area contributed by atoms with Crippen molar-refractivity contribution in [2.24, 2.45) is 5.92 Å². The number of hydrogen-bond donors (Lipinski definition) is 1. The van der Waals surface area contributed by atoms with Gasteiger partial charge in [-0.1, -0.05) is 0 Å². The van der Waals surface area contributed by atoms with E-state index >= 15 is 0 Å². The molecule has 3 nitrogen and oxygen atoms in total. The first-order valence-corrected chi connectivity index (χ1v) is 4.30. The zero-order valence-electron chi connectivity index (χ0n) is 8.16. The summed E-state index contributed by atoms with van der Waals surface area (Å²) in [7, 11) is 1.99. The van der Waals surface area contributed by atoms with Gasteiger partial charge in [-0.3, -0.25) is 9.69 Å². The third kappa shape index (κ3) is 1.78. The maximum absolute atomic E-state index is 10.6. The van der Waals surface area contributed by atoms with Gasteiger partial charge in [0.05, 0.1) is 5.92 Å². The van der Waals surface area contributed by atoms with Crippen LogP contribution in [-0.2, 0) is 4.79 Å². The summed E-state index contributed by atoms with van der Waals surface area (Å²) in [4.78, 5) is 12.7. The summed E-state index contributed by atoms with van der Waals surface area (Å²) in [5.41, 5.74) is 0.0782. The quantitative estimate of drug-likeness (QED) is 0.678. The second-order valence-electron chi connectivity index (χ2n) is 4.53. The topological polar surface area (TPSA) is 40.5 Å². The number of nitrogens with zero attached hydrogens (tertiary/aromatic N) is 1. The summed E-state index contributed by atoms with van der Waals surface area (Å²) in [6.45, 7) is 6.30. The van der Waals surface area contributed by atoms with Crippen LogP contribution in [0.2, 0.25) is 0 Å². The zero-order chi connectivity index (χ0) is 9.52. The summed E-state index contributed by atoms with van der Waals surface area (Å²) in [6, 6.07) is 0.252. The summed E-state index contributed by atoms with van der Waals surface area (Å²) >= 11 is 0. The number of carboxylic acid groups (broad SMARTS) is 1. The van der Waals surface area contributed by atoms with E-state index in [9.17, 15) is 4.79 Å². The fourth-order valence-corrected chi connectivity index (χ4v) is 1.37. The Morgan fingerprint density at radius 2 is 2.00 bits per heavy atom. The average Bonchev–Trinajstić information content (AvgIpc) is 2.61. The van der Waals surface area contributed by atoms with E-state index in [1.165, 1.54) is 0 Å². The number of hydrogen-bond acceptors (Lipinski definition) is 2. The van der Waals surface area contributed by atoms with Crippen molar-refractivity contribution in [3.05, 3.63) is 0 Å². The van der Waals surface area contributed by atoms with Crippen LogP contribution in [0.15, 0.2) is 0 Å². The molecule has 0 aromatic rings. The zero-order valence-corrected chi connectivity index (χ0v) is 8.16. The highest BCUT2D eigenvalue weighted by Gasteiger charge is 2.48. The van der Waals surface area contributed by atoms with Gasteiger partial charge in [0.2, 0.25) is 0 Å². The van der Waals surface area contributed by atoms with Crippen LogP contribution >= 0.6 is 0 Å². The van der Waals surface area contributed by atoms with E-state index in [2.05, 4.69) is 25.7 Å². The highest BCUT2D eigenvalue weighted by molar-refractivity contribution is 5.74. The Morgan fingerprint density at radius 1 is 1.50 bits per heavy atom. The molecule has 3 heteroatoms. The molecule has 12 heavy (non-hydrogen) atoms. The van der Waals surface area contributed by atoms with Crippen LogP contribution in [0.25, 0.3) is 0 Å². The summed E-state index contributed by atoms with van der Waals surface area (Å²) in [5, 5.41) is 8.71. The maximum Gasteiger partial charge on any atom is 0.308 e. The van der Waals surface area contributed by atoms with Gasteiger partial charge in [-0.15, -0.1) is 0 Å². The fourth-order valence-electron chi connectivity index (χ4n) is 1.37. The first-order valence-electron chi connectivity index (χ1n) is 4.30. The molecule has 1 rings (SSSR count). The molecule has 0 heterocycles. The number of carboxylic acids is 1. The molecule has 1 aliphatic rings. The molecule has 0 aromatic carbocycles. The fraction of sp³-hybridized carbons (Fsp3) is 0.889. The van der Waals surface area contributed by atoms with Crippen LogP contribution in [-0.4, -0.2) is 34.6 Å². The van der Waals surface area contributed by atoms with E-state index in [1.807, 2.05) is 7.05 Å². The Kier molecular flexibility index (Phi) is 2.17. The van der Waals surface area contributed by atoms with E-state index in [1.54, 1.807) is 0 Å². The van der Waals surface area contributed by atoms with Gasteiger partial charge in [-0.05, 0) is 34.2 Å². The van der Waals surface area contributed by atoms with Crippen LogP contribution in [0, 0.1) is 5.92 Å². The molecule has 1 saturated carbocycles. The second kappa shape index (κ2) is 2.73. The van der Waals surface area contributed by atoms with Crippen molar-refractivity contribution in [3.8, 4) is 0 Å². The third-order valence-electron chi connectivity index (χ3n) is 2.63. The van der Waals surface area contributed by atoms with Gasteiger partial charge in [0.25, 0.3) is 0 Å². The summed E-state index contributed by atoms with van der Waals surface area (Å²) in [5.74, 6) is -0.787. The van der Waals surface area contributed by atoms with Crippen molar-refractivity contribution in [2.75, 3.05) is 7.05 Å². The van der Waals surface area contributed by atoms with Crippen molar-refractivity contribution in [3.63, 3.8) is 0 Å². The van der Waals surface area contributed by atoms with Crippen molar-refractivity contribution >= 4 is 5.97 Å². The first-order chi connectivity index (χ1) is 5.34. The predicted molar refractivity (Wildman–Crippen MR) is 47.0 cm³/mol. The molecule has 0 amide bonds. The van der Waals surface area contributed by atoms with E-state index in [4.69, 9.17) is 5.11 Å². The van der Waals surface area contributed by atoms with Crippen molar-refractivity contribution in [1.82, 2.24) is 4.90 Å². The molecule has 0 aliphatic heterocycles. The van der Waals surface area contributed by atoms with E-state index in [0.717, 1.165) is 6.42 Å². The Labute approximate surface area is 73.4 Å². The van der Waals surface area contributed by atoms with Crippen LogP contribution in [0.3, 0.4) is 0 Å². The standard InChI is InChI=1S/C9H17NO2/c1-9(2,3)10(4)7-5-6(7)8(11)12/h6-7H,5H2,1-4H3,(H,11,12). The molecule has 70 valence electrons. The van der Waals surface area contributed by atoms with Crippen LogP contribution in [0.5, 0.6) is 0 Å². The lowest BCUT2D eigenvalue weighted by molar-refractivity contribution is -0.139. The van der Waals surface area contributed by atoms with Gasteiger partial charge >= 0.3 is 5.97 Å². The monoisotopic (exact) mass is 171 g/mol. The molecule has 0 radical (unpaired) electrons. The van der Waals surface area contributed by atoms with E-state index < -0.39 is 5.97 Å². The Morgan fingerprint density at radius 3 is 2.25 bits per heavy atom. The van der Waals surface area contributed by atoms with Gasteiger partial charge in [-0.2, -0.15) is 0 Å². The lowest BCUT2D eigenvalue weighted by Crippen LogP contribution is -2.40. The molecule has 1 N–H and O–H groups in total. The minimum atomic E-state index is -0.656. The van der Waals surface area contributed by atoms with Gasteiger partial charge < -0.3 is 5.11 Å². The largest absolute Gasteiger partial charge is 0.481 e. The van der Waals surface area contributed by atoms with Gasteiger partial charge in [0.15, 0.2) is 0 Å². The Bertz CT molecular complexity index is 195. The van der Waals surface area contributed by atoms with Crippen LogP contribution in [0.1, 0.15) is 27.2 Å². The summed E-state index contributed by atoms with van der Waals surface area (Å²) in [6.07, 6.45) is 0.809. The highest BCUT2D eigenvalue weighted by Crippen LogP contribution is 2.38. The average molecular weight is 171 g/mol. The molecule has 0 spiro atoms. The number of carbonyl (C=O) groups is 1. The van der Waals surface area contributed by atoms with E-state index in [-0.39, 0.29) is 17.5 Å². The summed E-state index contributed by atoms with van der Waals surface area (Å²) < 4.78 is 0. The van der Waals surface area contributed by atoms with Crippen LogP contribution in [0.4, 0.5) is 0 Å². The molecule has 0 saturated heterocycles. The van der Waals surface area contributed by atoms with Crippen LogP contribution < -0.4 is 0 Å². The maximum atomic E-state index is 10.6. The van der Waals surface area contributed by atoms with Gasteiger partial charge in [0, 0.05) is 11.6 Å². The molecule has 2 atom stereocenters. The molecule has 1 fully saturated rings. The first kappa shape index (κ1) is 9.52. The molecule has 0 aromatic heterocycles. The third-order valence-corrected chi connectivity index (χ3v) is 2.63. The second-order valence-corrected chi connectivity index (χ2v) is 4.53. The van der Waals surface area contributed by atoms with Crippen molar-refractivity contribution in [1.29, 1.82) is 0 Å². The van der Waals surface area contributed by atoms with Crippen molar-refractivity contribution in [2.45, 2.75) is 38.8 Å². The SMILES string of the molecule is CN(C1CC1C(=O)O)C(C)(C)C. The predicted octanol–water partition coefficient (Wildman–Crippen LogP) is 1.19. The highest BCUT2D eigenvalue weighted by atomic mass is 16.4. The molecule has 1 aliphatic carbocycles. The molecular weight excluding hydrogens is 154 g/mol. The molecular formula is C9H17NO2. The van der Waals surface area contributed by atoms with E-state index in [0.29, 0.717) is 0 Å². The van der Waals surface area contributed by atoms with Gasteiger partial charge in [0.1, 0.15) is 0 Å². The van der Waals surface area contributed by atoms with Gasteiger partial charge in [-0.25, -0.2) is 0 Å². The lowest BCUT2D eigenvalue weighted by atomic mass is 10.1. The Hall–Kier alpha value is -0.570. The minimum Gasteiger partial charge on any atom is -0.481 e. The molecule has 0 bridgehead atoms. The molecule has 2 unspecified atom stereocenters. The lowest BCUT2D eigenvalue weighted by Gasteiger charge is -2.32. The minimum absolute atomic E-state index is 0.0782.